The van der Waals surface area contributed by atoms with E-state index in [-0.39, 0.29) is 30.2 Å². The Bertz CT molecular complexity index is 1310. The summed E-state index contributed by atoms with van der Waals surface area (Å²) in [7, 11) is 1.31. The van der Waals surface area contributed by atoms with Crippen LogP contribution < -0.4 is 10.6 Å². The van der Waals surface area contributed by atoms with Gasteiger partial charge in [0.25, 0.3) is 0 Å². The van der Waals surface area contributed by atoms with Crippen molar-refractivity contribution in [1.29, 1.82) is 0 Å². The molecule has 3 aromatic rings. The lowest BCUT2D eigenvalue weighted by Crippen LogP contribution is -2.39. The van der Waals surface area contributed by atoms with Gasteiger partial charge in [-0.1, -0.05) is 48.4 Å². The number of nitrogen functional groups attached to an aromatic ring is 1. The summed E-state index contributed by atoms with van der Waals surface area (Å²) in [5, 5.41) is 5.05. The van der Waals surface area contributed by atoms with Gasteiger partial charge in [0, 0.05) is 17.1 Å². The van der Waals surface area contributed by atoms with Crippen molar-refractivity contribution < 1.29 is 23.9 Å². The molecular weight excluding hydrogens is 508 g/mol. The van der Waals surface area contributed by atoms with Crippen LogP contribution in [0.25, 0.3) is 5.69 Å². The molecule has 1 amide bonds. The Morgan fingerprint density at radius 3 is 2.24 bits per heavy atom. The van der Waals surface area contributed by atoms with Gasteiger partial charge in [0.15, 0.2) is 11.5 Å². The lowest BCUT2D eigenvalue weighted by Gasteiger charge is -2.28. The molecule has 0 aliphatic heterocycles. The monoisotopic (exact) mass is 540 g/mol. The number of ether oxygens (including phenoxy) is 2. The molecule has 1 atom stereocenters. The van der Waals surface area contributed by atoms with Crippen molar-refractivity contribution in [2.75, 3.05) is 24.3 Å². The standard InChI is InChI=1S/C28H33ClN4O5/c1-17-7-9-19(10-8-17)24(34)23-22(30)25(33(31-23)21-13-11-20(29)12-14-21)32(27(36)38-28(3,4)5)16-15-18(2)26(35)37-6/h7-14,18H,15-16,30H2,1-6H3. The molecule has 0 bridgehead atoms. The second kappa shape index (κ2) is 11.7. The molecule has 0 aliphatic carbocycles. The van der Waals surface area contributed by atoms with Crippen molar-refractivity contribution >= 4 is 41.0 Å². The van der Waals surface area contributed by atoms with Crippen molar-refractivity contribution in [3.8, 4) is 5.69 Å². The van der Waals surface area contributed by atoms with Gasteiger partial charge in [-0.3, -0.25) is 14.5 Å². The molecule has 0 aliphatic rings. The topological polar surface area (TPSA) is 117 Å². The highest BCUT2D eigenvalue weighted by atomic mass is 35.5. The van der Waals surface area contributed by atoms with Crippen LogP contribution in [-0.4, -0.2) is 46.9 Å². The first-order chi connectivity index (χ1) is 17.8. The highest BCUT2D eigenvalue weighted by molar-refractivity contribution is 6.30. The van der Waals surface area contributed by atoms with E-state index in [1.54, 1.807) is 64.1 Å². The van der Waals surface area contributed by atoms with E-state index in [2.05, 4.69) is 5.10 Å². The third kappa shape index (κ3) is 6.72. The largest absolute Gasteiger partial charge is 0.469 e. The molecule has 1 heterocycles. The summed E-state index contributed by atoms with van der Waals surface area (Å²) < 4.78 is 11.9. The van der Waals surface area contributed by atoms with Crippen LogP contribution in [0.3, 0.4) is 0 Å². The minimum atomic E-state index is -0.816. The molecule has 0 fully saturated rings. The molecule has 202 valence electrons. The van der Waals surface area contributed by atoms with Crippen molar-refractivity contribution in [3.63, 3.8) is 0 Å². The summed E-state index contributed by atoms with van der Waals surface area (Å²) >= 11 is 6.10. The predicted molar refractivity (Wildman–Crippen MR) is 147 cm³/mol. The van der Waals surface area contributed by atoms with E-state index in [1.807, 2.05) is 19.1 Å². The third-order valence-electron chi connectivity index (χ3n) is 5.76. The quantitative estimate of drug-likeness (QED) is 0.292. The molecule has 38 heavy (non-hydrogen) atoms. The summed E-state index contributed by atoms with van der Waals surface area (Å²) in [6.45, 7) is 8.90. The zero-order chi connectivity index (χ0) is 28.2. The van der Waals surface area contributed by atoms with Gasteiger partial charge in [0.1, 0.15) is 11.3 Å². The molecule has 3 rings (SSSR count). The smallest absolute Gasteiger partial charge is 0.416 e. The van der Waals surface area contributed by atoms with Crippen molar-refractivity contribution in [1.82, 2.24) is 9.78 Å². The Kier molecular flexibility index (Phi) is 8.83. The number of aryl methyl sites for hydroxylation is 1. The van der Waals surface area contributed by atoms with Crippen LogP contribution >= 0.6 is 11.6 Å². The van der Waals surface area contributed by atoms with Gasteiger partial charge in [-0.05, 0) is 58.4 Å². The van der Waals surface area contributed by atoms with E-state index in [0.717, 1.165) is 5.56 Å². The SMILES string of the molecule is COC(=O)C(C)CCN(C(=O)OC(C)(C)C)c1c(N)c(C(=O)c2ccc(C)cc2)nn1-c1ccc(Cl)cc1. The molecule has 0 spiro atoms. The number of carbonyl (C=O) groups excluding carboxylic acids is 3. The first-order valence-electron chi connectivity index (χ1n) is 12.2. The first-order valence-corrected chi connectivity index (χ1v) is 12.5. The summed E-state index contributed by atoms with van der Waals surface area (Å²) in [6.07, 6.45) is -0.455. The number of methoxy groups -OCH3 is 1. The number of aromatic nitrogens is 2. The zero-order valence-electron chi connectivity index (χ0n) is 22.4. The number of carbonyl (C=O) groups is 3. The Morgan fingerprint density at radius 1 is 1.08 bits per heavy atom. The number of ketones is 1. The number of nitrogens with zero attached hydrogens (tertiary/aromatic N) is 3. The summed E-state index contributed by atoms with van der Waals surface area (Å²) in [6, 6.07) is 13.8. The average molecular weight is 541 g/mol. The third-order valence-corrected chi connectivity index (χ3v) is 6.01. The van der Waals surface area contributed by atoms with Gasteiger partial charge in [-0.25, -0.2) is 9.48 Å². The van der Waals surface area contributed by atoms with E-state index < -0.39 is 29.4 Å². The molecule has 10 heteroatoms. The average Bonchev–Trinajstić information content (AvgIpc) is 3.19. The Morgan fingerprint density at radius 2 is 1.68 bits per heavy atom. The normalized spacial score (nSPS) is 12.1. The molecule has 2 N–H and O–H groups in total. The highest BCUT2D eigenvalue weighted by Crippen LogP contribution is 2.33. The maximum atomic E-state index is 13.5. The molecular formula is C28H33ClN4O5. The fourth-order valence-corrected chi connectivity index (χ4v) is 3.82. The minimum Gasteiger partial charge on any atom is -0.469 e. The number of rotatable bonds is 8. The van der Waals surface area contributed by atoms with Gasteiger partial charge in [0.2, 0.25) is 5.78 Å². The molecule has 0 saturated heterocycles. The number of nitrogens with two attached hydrogens (primary N) is 1. The van der Waals surface area contributed by atoms with Gasteiger partial charge in [-0.15, -0.1) is 0 Å². The number of benzene rings is 2. The number of anilines is 2. The fraction of sp³-hybridized carbons (Fsp3) is 0.357. The molecule has 1 unspecified atom stereocenters. The van der Waals surface area contributed by atoms with Crippen molar-refractivity contribution in [3.05, 3.63) is 70.4 Å². The van der Waals surface area contributed by atoms with Crippen molar-refractivity contribution in [2.24, 2.45) is 5.92 Å². The van der Waals surface area contributed by atoms with E-state index in [0.29, 0.717) is 16.3 Å². The van der Waals surface area contributed by atoms with Crippen LogP contribution in [0.15, 0.2) is 48.5 Å². The number of amides is 1. The van der Waals surface area contributed by atoms with Crippen molar-refractivity contribution in [2.45, 2.75) is 46.6 Å². The second-order valence-corrected chi connectivity index (χ2v) is 10.5. The maximum Gasteiger partial charge on any atom is 0.416 e. The van der Waals surface area contributed by atoms with Crippen LogP contribution in [0.2, 0.25) is 5.02 Å². The van der Waals surface area contributed by atoms with Gasteiger partial charge in [0.05, 0.1) is 18.7 Å². The van der Waals surface area contributed by atoms with Gasteiger partial charge in [-0.2, -0.15) is 5.10 Å². The van der Waals surface area contributed by atoms with Crippen LogP contribution in [0.4, 0.5) is 16.3 Å². The number of hydrogen-bond donors (Lipinski definition) is 1. The predicted octanol–water partition coefficient (Wildman–Crippen LogP) is 5.59. The molecule has 2 aromatic carbocycles. The molecule has 0 radical (unpaired) electrons. The fourth-order valence-electron chi connectivity index (χ4n) is 3.70. The summed E-state index contributed by atoms with van der Waals surface area (Å²) in [4.78, 5) is 40.3. The van der Waals surface area contributed by atoms with E-state index in [9.17, 15) is 14.4 Å². The Balaban J connectivity index is 2.18. The molecule has 9 nitrogen and oxygen atoms in total. The van der Waals surface area contributed by atoms with Crippen LogP contribution in [0.5, 0.6) is 0 Å². The van der Waals surface area contributed by atoms with Crippen LogP contribution in [0.1, 0.15) is 55.7 Å². The first kappa shape index (κ1) is 28.7. The van der Waals surface area contributed by atoms with E-state index >= 15 is 0 Å². The van der Waals surface area contributed by atoms with Gasteiger partial charge < -0.3 is 15.2 Å². The summed E-state index contributed by atoms with van der Waals surface area (Å²) in [5.41, 5.74) is 7.65. The highest BCUT2D eigenvalue weighted by Gasteiger charge is 2.33. The van der Waals surface area contributed by atoms with Crippen LogP contribution in [0, 0.1) is 12.8 Å². The van der Waals surface area contributed by atoms with Gasteiger partial charge >= 0.3 is 12.1 Å². The second-order valence-electron chi connectivity index (χ2n) is 10.0. The number of esters is 1. The summed E-state index contributed by atoms with van der Waals surface area (Å²) in [5.74, 6) is -1.17. The Labute approximate surface area is 227 Å². The minimum absolute atomic E-state index is 0.00195. The molecule has 1 aromatic heterocycles. The van der Waals surface area contributed by atoms with Crippen LogP contribution in [-0.2, 0) is 14.3 Å². The Hall–Kier alpha value is -3.85. The van der Waals surface area contributed by atoms with E-state index in [4.69, 9.17) is 26.8 Å². The van der Waals surface area contributed by atoms with E-state index in [1.165, 1.54) is 16.7 Å². The number of halogens is 1. The molecule has 0 saturated carbocycles. The maximum absolute atomic E-state index is 13.5. The lowest BCUT2D eigenvalue weighted by molar-refractivity contribution is -0.144. The number of hydrogen-bond acceptors (Lipinski definition) is 7. The zero-order valence-corrected chi connectivity index (χ0v) is 23.2. The lowest BCUT2D eigenvalue weighted by atomic mass is 10.1.